The molecular formula is C14H13FN4O2S. The molecule has 0 saturated heterocycles. The first-order valence-corrected chi connectivity index (χ1v) is 7.25. The van der Waals surface area contributed by atoms with E-state index in [2.05, 4.69) is 15.4 Å². The molecule has 0 fully saturated rings. The Balaban J connectivity index is 1.94. The molecule has 1 amide bonds. The monoisotopic (exact) mass is 320 g/mol. The van der Waals surface area contributed by atoms with Crippen LogP contribution in [0.5, 0.6) is 5.75 Å². The van der Waals surface area contributed by atoms with Crippen LogP contribution in [0.15, 0.2) is 18.2 Å². The Morgan fingerprint density at radius 1 is 1.41 bits per heavy atom. The van der Waals surface area contributed by atoms with Gasteiger partial charge in [0.15, 0.2) is 5.13 Å². The second kappa shape index (κ2) is 5.38. The Morgan fingerprint density at radius 2 is 2.18 bits per heavy atom. The van der Waals surface area contributed by atoms with Crippen molar-refractivity contribution < 1.29 is 13.9 Å². The van der Waals surface area contributed by atoms with Crippen molar-refractivity contribution in [2.24, 2.45) is 7.05 Å². The number of nitrogens with one attached hydrogen (secondary N) is 1. The van der Waals surface area contributed by atoms with Crippen LogP contribution in [0.25, 0.3) is 10.2 Å². The number of amides is 1. The van der Waals surface area contributed by atoms with E-state index in [0.29, 0.717) is 26.8 Å². The minimum atomic E-state index is -0.409. The van der Waals surface area contributed by atoms with Gasteiger partial charge in [0, 0.05) is 13.1 Å². The van der Waals surface area contributed by atoms with E-state index in [-0.39, 0.29) is 5.91 Å². The zero-order chi connectivity index (χ0) is 15.9. The molecule has 0 bridgehead atoms. The fraction of sp³-hybridized carbons (Fsp3) is 0.214. The predicted molar refractivity (Wildman–Crippen MR) is 82.0 cm³/mol. The number of halogens is 1. The van der Waals surface area contributed by atoms with Gasteiger partial charge in [-0.3, -0.25) is 14.8 Å². The van der Waals surface area contributed by atoms with E-state index in [4.69, 9.17) is 4.74 Å². The summed E-state index contributed by atoms with van der Waals surface area (Å²) in [5.41, 5.74) is 1.70. The number of aromatic nitrogens is 3. The van der Waals surface area contributed by atoms with Gasteiger partial charge in [0.05, 0.1) is 17.5 Å². The number of rotatable bonds is 3. The van der Waals surface area contributed by atoms with Crippen LogP contribution in [0.1, 0.15) is 16.2 Å². The minimum absolute atomic E-state index is 0.318. The molecule has 0 radical (unpaired) electrons. The zero-order valence-corrected chi connectivity index (χ0v) is 13.0. The van der Waals surface area contributed by atoms with Gasteiger partial charge in [0.1, 0.15) is 22.8 Å². The molecule has 0 aliphatic carbocycles. The van der Waals surface area contributed by atoms with Crippen molar-refractivity contribution in [3.63, 3.8) is 0 Å². The highest BCUT2D eigenvalue weighted by Gasteiger charge is 2.16. The van der Waals surface area contributed by atoms with Crippen molar-refractivity contribution in [1.29, 1.82) is 0 Å². The second-order valence-electron chi connectivity index (χ2n) is 4.72. The summed E-state index contributed by atoms with van der Waals surface area (Å²) < 4.78 is 20.7. The normalized spacial score (nSPS) is 10.9. The standard InChI is InChI=1S/C14H13FN4O2S/c1-7-4-9(19(2)18-7)13(20)17-14-16-12-10(21-3)5-8(15)6-11(12)22-14/h4-6H,1-3H3,(H,16,17,20). The highest BCUT2D eigenvalue weighted by Crippen LogP contribution is 2.33. The molecule has 2 heterocycles. The maximum Gasteiger partial charge on any atom is 0.275 e. The molecule has 0 saturated carbocycles. The van der Waals surface area contributed by atoms with Gasteiger partial charge in [-0.25, -0.2) is 9.37 Å². The van der Waals surface area contributed by atoms with Gasteiger partial charge in [-0.15, -0.1) is 0 Å². The number of thiazole rings is 1. The Bertz CT molecular complexity index is 871. The summed E-state index contributed by atoms with van der Waals surface area (Å²) in [7, 11) is 3.14. The molecular weight excluding hydrogens is 307 g/mol. The number of methoxy groups -OCH3 is 1. The van der Waals surface area contributed by atoms with Crippen LogP contribution in [-0.2, 0) is 7.05 Å². The largest absolute Gasteiger partial charge is 0.494 e. The van der Waals surface area contributed by atoms with Gasteiger partial charge in [0.25, 0.3) is 5.91 Å². The molecule has 0 unspecified atom stereocenters. The number of fused-ring (bicyclic) bond motifs is 1. The minimum Gasteiger partial charge on any atom is -0.494 e. The van der Waals surface area contributed by atoms with Crippen LogP contribution >= 0.6 is 11.3 Å². The molecule has 1 N–H and O–H groups in total. The number of ether oxygens (including phenoxy) is 1. The zero-order valence-electron chi connectivity index (χ0n) is 12.2. The number of hydrogen-bond acceptors (Lipinski definition) is 5. The summed E-state index contributed by atoms with van der Waals surface area (Å²) in [6.07, 6.45) is 0. The number of nitrogens with zero attached hydrogens (tertiary/aromatic N) is 3. The van der Waals surface area contributed by atoms with Gasteiger partial charge >= 0.3 is 0 Å². The molecule has 3 rings (SSSR count). The fourth-order valence-corrected chi connectivity index (χ4v) is 3.06. The van der Waals surface area contributed by atoms with Crippen molar-refractivity contribution in [2.45, 2.75) is 6.92 Å². The third kappa shape index (κ3) is 2.52. The Hall–Kier alpha value is -2.48. The number of aryl methyl sites for hydroxylation is 2. The Kier molecular flexibility index (Phi) is 3.53. The van der Waals surface area contributed by atoms with E-state index in [9.17, 15) is 9.18 Å². The number of benzene rings is 1. The highest BCUT2D eigenvalue weighted by atomic mass is 32.1. The molecule has 0 atom stereocenters. The Morgan fingerprint density at radius 3 is 2.82 bits per heavy atom. The average molecular weight is 320 g/mol. The van der Waals surface area contributed by atoms with Crippen LogP contribution in [0.3, 0.4) is 0 Å². The summed E-state index contributed by atoms with van der Waals surface area (Å²) in [4.78, 5) is 16.5. The molecule has 8 heteroatoms. The summed E-state index contributed by atoms with van der Waals surface area (Å²) in [5, 5.41) is 7.20. The van der Waals surface area contributed by atoms with Crippen molar-refractivity contribution in [1.82, 2.24) is 14.8 Å². The van der Waals surface area contributed by atoms with Crippen molar-refractivity contribution in [3.8, 4) is 5.75 Å². The van der Waals surface area contributed by atoms with Crippen LogP contribution in [0, 0.1) is 12.7 Å². The van der Waals surface area contributed by atoms with Gasteiger partial charge < -0.3 is 4.74 Å². The third-order valence-electron chi connectivity index (χ3n) is 3.10. The summed E-state index contributed by atoms with van der Waals surface area (Å²) >= 11 is 1.18. The molecule has 6 nitrogen and oxygen atoms in total. The summed E-state index contributed by atoms with van der Waals surface area (Å²) in [6.45, 7) is 1.81. The molecule has 3 aromatic rings. The third-order valence-corrected chi connectivity index (χ3v) is 4.02. The number of carbonyl (C=O) groups excluding carboxylic acids is 1. The van der Waals surface area contributed by atoms with Gasteiger partial charge in [0.2, 0.25) is 0 Å². The van der Waals surface area contributed by atoms with Gasteiger partial charge in [-0.2, -0.15) is 5.10 Å². The van der Waals surface area contributed by atoms with E-state index in [1.165, 1.54) is 35.3 Å². The van der Waals surface area contributed by atoms with Crippen molar-refractivity contribution in [2.75, 3.05) is 12.4 Å². The Labute approximate surface area is 129 Å². The lowest BCUT2D eigenvalue weighted by molar-refractivity contribution is 0.101. The van der Waals surface area contributed by atoms with Crippen LogP contribution in [0.4, 0.5) is 9.52 Å². The molecule has 22 heavy (non-hydrogen) atoms. The first-order valence-electron chi connectivity index (χ1n) is 6.44. The van der Waals surface area contributed by atoms with Crippen LogP contribution in [-0.4, -0.2) is 27.8 Å². The van der Waals surface area contributed by atoms with Crippen LogP contribution < -0.4 is 10.1 Å². The lowest BCUT2D eigenvalue weighted by Crippen LogP contribution is -2.15. The molecule has 114 valence electrons. The van der Waals surface area contributed by atoms with Crippen LogP contribution in [0.2, 0.25) is 0 Å². The lowest BCUT2D eigenvalue weighted by atomic mass is 10.3. The quantitative estimate of drug-likeness (QED) is 0.805. The average Bonchev–Trinajstić information content (AvgIpc) is 3.00. The highest BCUT2D eigenvalue weighted by molar-refractivity contribution is 7.22. The second-order valence-corrected chi connectivity index (χ2v) is 5.75. The van der Waals surface area contributed by atoms with E-state index in [1.807, 2.05) is 6.92 Å². The summed E-state index contributed by atoms with van der Waals surface area (Å²) in [5.74, 6) is -0.391. The predicted octanol–water partition coefficient (Wildman–Crippen LogP) is 2.74. The number of anilines is 1. The van der Waals surface area contributed by atoms with Crippen molar-refractivity contribution in [3.05, 3.63) is 35.4 Å². The van der Waals surface area contributed by atoms with E-state index in [1.54, 1.807) is 13.1 Å². The fourth-order valence-electron chi connectivity index (χ4n) is 2.16. The SMILES string of the molecule is COc1cc(F)cc2sc(NC(=O)c3cc(C)nn3C)nc12. The first-order chi connectivity index (χ1) is 10.5. The molecule has 1 aromatic carbocycles. The van der Waals surface area contributed by atoms with Gasteiger partial charge in [-0.1, -0.05) is 11.3 Å². The van der Waals surface area contributed by atoms with E-state index in [0.717, 1.165) is 5.69 Å². The number of carbonyl (C=O) groups is 1. The lowest BCUT2D eigenvalue weighted by Gasteiger charge is -2.01. The smallest absolute Gasteiger partial charge is 0.275 e. The first kappa shape index (κ1) is 14.5. The topological polar surface area (TPSA) is 69.0 Å². The maximum atomic E-state index is 13.5. The van der Waals surface area contributed by atoms with E-state index >= 15 is 0 Å². The molecule has 0 aliphatic heterocycles. The van der Waals surface area contributed by atoms with Crippen molar-refractivity contribution >= 4 is 32.6 Å². The van der Waals surface area contributed by atoms with Gasteiger partial charge in [-0.05, 0) is 19.1 Å². The maximum absolute atomic E-state index is 13.5. The molecule has 2 aromatic heterocycles. The molecule has 0 spiro atoms. The summed E-state index contributed by atoms with van der Waals surface area (Å²) in [6, 6.07) is 4.31. The van der Waals surface area contributed by atoms with E-state index < -0.39 is 5.82 Å². The molecule has 0 aliphatic rings. The number of hydrogen-bond donors (Lipinski definition) is 1.